The zero-order valence-electron chi connectivity index (χ0n) is 15.6. The number of carbonyl (C=O) groups excluding carboxylic acids is 1. The van der Waals surface area contributed by atoms with Gasteiger partial charge in [0.15, 0.2) is 0 Å². The monoisotopic (exact) mass is 413 g/mol. The molecule has 1 aliphatic heterocycles. The van der Waals surface area contributed by atoms with Crippen LogP contribution in [0.2, 0.25) is 10.0 Å². The topological polar surface area (TPSA) is 45.2 Å². The minimum atomic E-state index is -0.0209. The van der Waals surface area contributed by atoms with E-state index in [9.17, 15) is 4.79 Å². The molecule has 0 saturated carbocycles. The summed E-state index contributed by atoms with van der Waals surface area (Å²) < 4.78 is 0. The Kier molecular flexibility index (Phi) is 5.42. The molecule has 1 amide bonds. The lowest BCUT2D eigenvalue weighted by Gasteiger charge is -2.33. The lowest BCUT2D eigenvalue weighted by Crippen LogP contribution is -2.38. The summed E-state index contributed by atoms with van der Waals surface area (Å²) in [6.07, 6.45) is 3.33. The molecule has 144 valence electrons. The fourth-order valence-electron chi connectivity index (χ4n) is 3.81. The van der Waals surface area contributed by atoms with Crippen LogP contribution in [0.15, 0.2) is 48.7 Å². The number of nitrogens with zero attached hydrogens (tertiary/aromatic N) is 2. The molecule has 1 N–H and O–H groups in total. The number of hydrogen-bond acceptors (Lipinski definition) is 3. The maximum Gasteiger partial charge on any atom is 0.227 e. The minimum Gasteiger partial charge on any atom is -0.370 e. The van der Waals surface area contributed by atoms with Crippen LogP contribution in [0.3, 0.4) is 0 Å². The maximum atomic E-state index is 12.9. The molecule has 1 saturated heterocycles. The summed E-state index contributed by atoms with van der Waals surface area (Å²) in [5.74, 6) is 0.0474. The molecule has 1 fully saturated rings. The molecule has 4 nitrogen and oxygen atoms in total. The van der Waals surface area contributed by atoms with E-state index in [2.05, 4.69) is 15.2 Å². The summed E-state index contributed by atoms with van der Waals surface area (Å²) in [6.45, 7) is 3.53. The van der Waals surface area contributed by atoms with E-state index < -0.39 is 0 Å². The highest BCUT2D eigenvalue weighted by Crippen LogP contribution is 2.33. The van der Waals surface area contributed by atoms with E-state index in [0.29, 0.717) is 10.0 Å². The lowest BCUT2D eigenvalue weighted by atomic mass is 9.95. The van der Waals surface area contributed by atoms with Gasteiger partial charge in [-0.15, -0.1) is 0 Å². The van der Waals surface area contributed by atoms with Crippen LogP contribution in [0.1, 0.15) is 18.5 Å². The number of aromatic nitrogens is 1. The van der Waals surface area contributed by atoms with Crippen molar-refractivity contribution in [2.45, 2.75) is 19.8 Å². The third-order valence-corrected chi connectivity index (χ3v) is 5.93. The Labute approximate surface area is 174 Å². The van der Waals surface area contributed by atoms with E-state index in [4.69, 9.17) is 23.2 Å². The van der Waals surface area contributed by atoms with Crippen molar-refractivity contribution in [3.05, 3.63) is 64.4 Å². The predicted octanol–water partition coefficient (Wildman–Crippen LogP) is 5.71. The van der Waals surface area contributed by atoms with Gasteiger partial charge in [-0.3, -0.25) is 9.78 Å². The number of hydrogen-bond donors (Lipinski definition) is 1. The average molecular weight is 414 g/mol. The Morgan fingerprint density at radius 2 is 1.89 bits per heavy atom. The van der Waals surface area contributed by atoms with Crippen LogP contribution >= 0.6 is 23.2 Å². The summed E-state index contributed by atoms with van der Waals surface area (Å²) in [4.78, 5) is 19.4. The molecule has 6 heteroatoms. The molecule has 1 aromatic heterocycles. The maximum absolute atomic E-state index is 12.9. The van der Waals surface area contributed by atoms with Gasteiger partial charge in [-0.05, 0) is 50.1 Å². The summed E-state index contributed by atoms with van der Waals surface area (Å²) in [5, 5.41) is 6.56. The number of carbonyl (C=O) groups is 1. The summed E-state index contributed by atoms with van der Waals surface area (Å²) in [7, 11) is 0. The van der Waals surface area contributed by atoms with Gasteiger partial charge < -0.3 is 10.2 Å². The number of pyridine rings is 1. The van der Waals surface area contributed by atoms with Crippen LogP contribution < -0.4 is 10.2 Å². The van der Waals surface area contributed by atoms with Gasteiger partial charge in [-0.1, -0.05) is 35.3 Å². The van der Waals surface area contributed by atoms with Crippen molar-refractivity contribution in [1.29, 1.82) is 0 Å². The SMILES string of the molecule is Cc1nccc2c(NC(=O)C3CCN(c4cc(Cl)ccc4Cl)CC3)cccc12. The smallest absolute Gasteiger partial charge is 0.227 e. The summed E-state index contributed by atoms with van der Waals surface area (Å²) in [5.41, 5.74) is 2.73. The first-order valence-electron chi connectivity index (χ1n) is 9.38. The van der Waals surface area contributed by atoms with Crippen LogP contribution in [0.5, 0.6) is 0 Å². The number of benzene rings is 2. The Morgan fingerprint density at radius 3 is 2.68 bits per heavy atom. The van der Waals surface area contributed by atoms with Gasteiger partial charge in [0.2, 0.25) is 5.91 Å². The van der Waals surface area contributed by atoms with Crippen molar-refractivity contribution in [2.24, 2.45) is 5.92 Å². The van der Waals surface area contributed by atoms with Gasteiger partial charge in [-0.25, -0.2) is 0 Å². The Bertz CT molecular complexity index is 1030. The van der Waals surface area contributed by atoms with E-state index in [-0.39, 0.29) is 11.8 Å². The molecule has 0 unspecified atom stereocenters. The highest BCUT2D eigenvalue weighted by atomic mass is 35.5. The van der Waals surface area contributed by atoms with Crippen LogP contribution in [0.4, 0.5) is 11.4 Å². The van der Waals surface area contributed by atoms with Gasteiger partial charge in [0.1, 0.15) is 0 Å². The zero-order valence-corrected chi connectivity index (χ0v) is 17.1. The number of piperidine rings is 1. The number of fused-ring (bicyclic) bond motifs is 1. The molecule has 0 spiro atoms. The molecule has 0 radical (unpaired) electrons. The van der Waals surface area contributed by atoms with Crippen LogP contribution in [0.25, 0.3) is 10.8 Å². The quantitative estimate of drug-likeness (QED) is 0.598. The van der Waals surface area contributed by atoms with Crippen molar-refractivity contribution in [3.63, 3.8) is 0 Å². The van der Waals surface area contributed by atoms with Crippen molar-refractivity contribution < 1.29 is 4.79 Å². The molecular weight excluding hydrogens is 393 g/mol. The third-order valence-electron chi connectivity index (χ3n) is 5.38. The first-order chi connectivity index (χ1) is 13.5. The molecule has 0 aliphatic carbocycles. The minimum absolute atomic E-state index is 0.0209. The highest BCUT2D eigenvalue weighted by molar-refractivity contribution is 6.35. The molecule has 2 aromatic carbocycles. The van der Waals surface area contributed by atoms with E-state index in [0.717, 1.165) is 53.8 Å². The summed E-state index contributed by atoms with van der Waals surface area (Å²) in [6, 6.07) is 13.4. The highest BCUT2D eigenvalue weighted by Gasteiger charge is 2.26. The lowest BCUT2D eigenvalue weighted by molar-refractivity contribution is -0.120. The Balaban J connectivity index is 1.45. The van der Waals surface area contributed by atoms with E-state index in [1.807, 2.05) is 43.3 Å². The number of nitrogens with one attached hydrogen (secondary N) is 1. The second-order valence-corrected chi connectivity index (χ2v) is 7.99. The number of amides is 1. The average Bonchev–Trinajstić information content (AvgIpc) is 2.71. The molecule has 2 heterocycles. The molecule has 1 aliphatic rings. The molecule has 3 aromatic rings. The number of anilines is 2. The summed E-state index contributed by atoms with van der Waals surface area (Å²) >= 11 is 12.4. The largest absolute Gasteiger partial charge is 0.370 e. The van der Waals surface area contributed by atoms with Crippen molar-refractivity contribution >= 4 is 51.3 Å². The Morgan fingerprint density at radius 1 is 1.11 bits per heavy atom. The van der Waals surface area contributed by atoms with Gasteiger partial charge in [0.05, 0.1) is 10.7 Å². The first kappa shape index (κ1) is 19.0. The van der Waals surface area contributed by atoms with Crippen LogP contribution in [0, 0.1) is 12.8 Å². The van der Waals surface area contributed by atoms with Gasteiger partial charge in [0, 0.05) is 52.4 Å². The normalized spacial score (nSPS) is 15.0. The van der Waals surface area contributed by atoms with Gasteiger partial charge >= 0.3 is 0 Å². The second kappa shape index (κ2) is 7.98. The van der Waals surface area contributed by atoms with E-state index in [1.165, 1.54) is 0 Å². The number of aryl methyl sites for hydroxylation is 1. The number of halogens is 2. The molecule has 4 rings (SSSR count). The van der Waals surface area contributed by atoms with Crippen molar-refractivity contribution in [1.82, 2.24) is 4.98 Å². The van der Waals surface area contributed by atoms with Crippen LogP contribution in [-0.4, -0.2) is 24.0 Å². The van der Waals surface area contributed by atoms with Gasteiger partial charge in [0.25, 0.3) is 0 Å². The fraction of sp³-hybridized carbons (Fsp3) is 0.273. The van der Waals surface area contributed by atoms with Gasteiger partial charge in [-0.2, -0.15) is 0 Å². The zero-order chi connectivity index (χ0) is 19.7. The molecule has 0 atom stereocenters. The van der Waals surface area contributed by atoms with E-state index in [1.54, 1.807) is 12.3 Å². The third kappa shape index (κ3) is 3.80. The van der Waals surface area contributed by atoms with Crippen molar-refractivity contribution in [3.8, 4) is 0 Å². The number of rotatable bonds is 3. The van der Waals surface area contributed by atoms with E-state index >= 15 is 0 Å². The second-order valence-electron chi connectivity index (χ2n) is 7.14. The molecule has 0 bridgehead atoms. The van der Waals surface area contributed by atoms with Crippen molar-refractivity contribution in [2.75, 3.05) is 23.3 Å². The molecule has 28 heavy (non-hydrogen) atoms. The predicted molar refractivity (Wildman–Crippen MR) is 117 cm³/mol. The van der Waals surface area contributed by atoms with Crippen LogP contribution in [-0.2, 0) is 4.79 Å². The standard InChI is InChI=1S/C22H21Cl2N3O/c1-14-17-3-2-4-20(18(17)7-10-25-14)26-22(28)15-8-11-27(12-9-15)21-13-16(23)5-6-19(21)24/h2-7,10,13,15H,8-9,11-12H2,1H3,(H,26,28). The Hall–Kier alpha value is -2.30. The molecular formula is C22H21Cl2N3O. The first-order valence-corrected chi connectivity index (χ1v) is 10.1. The fourth-order valence-corrected chi connectivity index (χ4v) is 4.21.